The van der Waals surface area contributed by atoms with Crippen molar-refractivity contribution < 1.29 is 14.3 Å². The fourth-order valence-electron chi connectivity index (χ4n) is 0.514. The smallest absolute Gasteiger partial charge is 0.402 e. The van der Waals surface area contributed by atoms with Crippen LogP contribution < -0.4 is 0 Å². The lowest BCUT2D eigenvalue weighted by Gasteiger charge is -1.98. The molecule has 8 heavy (non-hydrogen) atoms. The summed E-state index contributed by atoms with van der Waals surface area (Å²) >= 11 is 5.36. The average Bonchev–Trinajstić information content (AvgIpc) is 2.14. The second-order valence-corrected chi connectivity index (χ2v) is 1.86. The van der Waals surface area contributed by atoms with Gasteiger partial charge in [-0.1, -0.05) is 0 Å². The predicted molar refractivity (Wildman–Crippen MR) is 29.5 cm³/mol. The maximum atomic E-state index is 8.53. The Bertz CT molecular complexity index is 80.9. The minimum Gasteiger partial charge on any atom is -0.402 e. The molecule has 0 aromatic carbocycles. The molecule has 5 heteroatoms. The van der Waals surface area contributed by atoms with Crippen molar-refractivity contribution in [2.75, 3.05) is 12.5 Å². The molecule has 1 saturated heterocycles. The molecule has 0 saturated carbocycles. The van der Waals surface area contributed by atoms with Gasteiger partial charge >= 0.3 is 7.32 Å². The van der Waals surface area contributed by atoms with E-state index in [1.807, 2.05) is 0 Å². The molecule has 0 amide bonds. The van der Waals surface area contributed by atoms with Crippen LogP contribution in [-0.4, -0.2) is 30.9 Å². The van der Waals surface area contributed by atoms with Gasteiger partial charge in [-0.15, -0.1) is 11.6 Å². The molecule has 0 spiro atoms. The van der Waals surface area contributed by atoms with Gasteiger partial charge < -0.3 is 14.3 Å². The Morgan fingerprint density at radius 1 is 1.88 bits per heavy atom. The van der Waals surface area contributed by atoms with Crippen LogP contribution in [0.5, 0.6) is 0 Å². The van der Waals surface area contributed by atoms with E-state index in [-0.39, 0.29) is 6.10 Å². The highest BCUT2D eigenvalue weighted by Crippen LogP contribution is 2.06. The molecular formula is C3H6BClO3. The summed E-state index contributed by atoms with van der Waals surface area (Å²) in [5, 5.41) is 8.53. The van der Waals surface area contributed by atoms with E-state index >= 15 is 0 Å². The first-order chi connectivity index (χ1) is 3.83. The molecule has 1 rings (SSSR count). The van der Waals surface area contributed by atoms with Crippen molar-refractivity contribution in [3.05, 3.63) is 0 Å². The molecule has 0 aliphatic carbocycles. The van der Waals surface area contributed by atoms with Crippen LogP contribution >= 0.6 is 11.6 Å². The summed E-state index contributed by atoms with van der Waals surface area (Å²) in [4.78, 5) is 0. The van der Waals surface area contributed by atoms with Crippen molar-refractivity contribution in [1.82, 2.24) is 0 Å². The van der Waals surface area contributed by atoms with E-state index in [0.717, 1.165) is 0 Å². The SMILES string of the molecule is OB1OC[C@H](CCl)O1. The summed E-state index contributed by atoms with van der Waals surface area (Å²) in [7, 11) is -1.06. The minimum absolute atomic E-state index is 0.133. The number of alkyl halides is 1. The molecule has 0 radical (unpaired) electrons. The van der Waals surface area contributed by atoms with Gasteiger partial charge in [-0.2, -0.15) is 0 Å². The van der Waals surface area contributed by atoms with Crippen molar-refractivity contribution in [2.45, 2.75) is 6.10 Å². The molecule has 1 aliphatic rings. The topological polar surface area (TPSA) is 38.7 Å². The fraction of sp³-hybridized carbons (Fsp3) is 1.00. The quantitative estimate of drug-likeness (QED) is 0.394. The predicted octanol–water partition coefficient (Wildman–Crippen LogP) is -0.382. The van der Waals surface area contributed by atoms with Crippen molar-refractivity contribution in [2.24, 2.45) is 0 Å². The van der Waals surface area contributed by atoms with Crippen molar-refractivity contribution in [3.8, 4) is 0 Å². The van der Waals surface area contributed by atoms with Gasteiger partial charge in [0.15, 0.2) is 0 Å². The van der Waals surface area contributed by atoms with Crippen LogP contribution in [0.1, 0.15) is 0 Å². The molecule has 0 aromatic rings. The van der Waals surface area contributed by atoms with Crippen LogP contribution in [-0.2, 0) is 9.31 Å². The van der Waals surface area contributed by atoms with Gasteiger partial charge in [0.25, 0.3) is 0 Å². The Morgan fingerprint density at radius 2 is 2.62 bits per heavy atom. The van der Waals surface area contributed by atoms with Crippen molar-refractivity contribution in [3.63, 3.8) is 0 Å². The van der Waals surface area contributed by atoms with Gasteiger partial charge in [-0.3, -0.25) is 0 Å². The Labute approximate surface area is 52.7 Å². The zero-order chi connectivity index (χ0) is 5.98. The second-order valence-electron chi connectivity index (χ2n) is 1.55. The minimum atomic E-state index is -1.06. The number of hydrogen-bond acceptors (Lipinski definition) is 3. The lowest BCUT2D eigenvalue weighted by Crippen LogP contribution is -2.16. The number of halogens is 1. The monoisotopic (exact) mass is 136 g/mol. The molecule has 1 N–H and O–H groups in total. The van der Waals surface area contributed by atoms with Crippen LogP contribution in [0.2, 0.25) is 0 Å². The summed E-state index contributed by atoms with van der Waals surface area (Å²) < 4.78 is 9.32. The van der Waals surface area contributed by atoms with Gasteiger partial charge in [-0.05, 0) is 0 Å². The second kappa shape index (κ2) is 2.68. The van der Waals surface area contributed by atoms with Crippen LogP contribution in [0, 0.1) is 0 Å². The van der Waals surface area contributed by atoms with Crippen molar-refractivity contribution in [1.29, 1.82) is 0 Å². The molecule has 1 atom stereocenters. The van der Waals surface area contributed by atoms with Gasteiger partial charge in [0.2, 0.25) is 0 Å². The maximum absolute atomic E-state index is 8.53. The normalized spacial score (nSPS) is 29.2. The molecule has 1 aliphatic heterocycles. The van der Waals surface area contributed by atoms with Crippen LogP contribution in [0.4, 0.5) is 0 Å². The molecule has 46 valence electrons. The average molecular weight is 136 g/mol. The third-order valence-electron chi connectivity index (χ3n) is 0.906. The fourth-order valence-corrected chi connectivity index (χ4v) is 0.676. The number of hydrogen-bond donors (Lipinski definition) is 1. The van der Waals surface area contributed by atoms with E-state index in [9.17, 15) is 0 Å². The molecular weight excluding hydrogens is 130 g/mol. The molecule has 3 nitrogen and oxygen atoms in total. The van der Waals surface area contributed by atoms with Crippen molar-refractivity contribution >= 4 is 18.9 Å². The Kier molecular flexibility index (Phi) is 2.13. The van der Waals surface area contributed by atoms with Gasteiger partial charge in [-0.25, -0.2) is 0 Å². The van der Waals surface area contributed by atoms with E-state index in [1.165, 1.54) is 0 Å². The first-order valence-corrected chi connectivity index (χ1v) is 2.87. The molecule has 0 aromatic heterocycles. The van der Waals surface area contributed by atoms with E-state index in [4.69, 9.17) is 21.3 Å². The van der Waals surface area contributed by atoms with E-state index < -0.39 is 7.32 Å². The lowest BCUT2D eigenvalue weighted by molar-refractivity contribution is 0.227. The lowest BCUT2D eigenvalue weighted by atomic mass is 10.3. The maximum Gasteiger partial charge on any atom is 0.637 e. The molecule has 1 heterocycles. The zero-order valence-electron chi connectivity index (χ0n) is 4.21. The third-order valence-corrected chi connectivity index (χ3v) is 1.25. The van der Waals surface area contributed by atoms with Crippen LogP contribution in [0.25, 0.3) is 0 Å². The summed E-state index contributed by atoms with van der Waals surface area (Å²) in [6.07, 6.45) is -0.133. The van der Waals surface area contributed by atoms with Crippen LogP contribution in [0.3, 0.4) is 0 Å². The van der Waals surface area contributed by atoms with E-state index in [1.54, 1.807) is 0 Å². The highest BCUT2D eigenvalue weighted by molar-refractivity contribution is 6.35. The molecule has 0 bridgehead atoms. The summed E-state index contributed by atoms with van der Waals surface area (Å²) in [6.45, 7) is 0.394. The first-order valence-electron chi connectivity index (χ1n) is 2.34. The summed E-state index contributed by atoms with van der Waals surface area (Å²) in [5.41, 5.74) is 0. The van der Waals surface area contributed by atoms with Crippen LogP contribution in [0.15, 0.2) is 0 Å². The Morgan fingerprint density at radius 3 is 2.88 bits per heavy atom. The molecule has 1 fully saturated rings. The number of rotatable bonds is 1. The standard InChI is InChI=1S/C3H6BClO3/c5-1-3-2-7-4(6)8-3/h3,6H,1-2H2/t3-/m0/s1. The van der Waals surface area contributed by atoms with Gasteiger partial charge in [0.05, 0.1) is 12.7 Å². The van der Waals surface area contributed by atoms with E-state index in [2.05, 4.69) is 4.65 Å². The molecule has 0 unspecified atom stereocenters. The van der Waals surface area contributed by atoms with Gasteiger partial charge in [0.1, 0.15) is 0 Å². The largest absolute Gasteiger partial charge is 0.637 e. The first kappa shape index (κ1) is 6.36. The third kappa shape index (κ3) is 1.35. The zero-order valence-corrected chi connectivity index (χ0v) is 4.97. The Balaban J connectivity index is 2.22. The highest BCUT2D eigenvalue weighted by atomic mass is 35.5. The summed E-state index contributed by atoms with van der Waals surface area (Å²) in [5.74, 6) is 0.372. The summed E-state index contributed by atoms with van der Waals surface area (Å²) in [6, 6.07) is 0. The highest BCUT2D eigenvalue weighted by Gasteiger charge is 2.29. The van der Waals surface area contributed by atoms with E-state index in [0.29, 0.717) is 12.5 Å². The Hall–Kier alpha value is 0.235. The van der Waals surface area contributed by atoms with Gasteiger partial charge in [0, 0.05) is 5.88 Å².